The number of rotatable bonds is 8. The molecule has 4 rings (SSSR count). The van der Waals surface area contributed by atoms with E-state index in [9.17, 15) is 0 Å². The number of ether oxygens (including phenoxy) is 3. The Morgan fingerprint density at radius 2 is 1.69 bits per heavy atom. The number of halogens is 2. The maximum atomic E-state index is 6.30. The highest BCUT2D eigenvalue weighted by molar-refractivity contribution is 5.85. The first-order valence-electron chi connectivity index (χ1n) is 10.7. The Morgan fingerprint density at radius 1 is 0.966 bits per heavy atom. The highest BCUT2D eigenvalue weighted by Gasteiger charge is 2.33. The van der Waals surface area contributed by atoms with Crippen LogP contribution in [0.5, 0.6) is 11.5 Å². The van der Waals surface area contributed by atoms with Crippen molar-refractivity contribution in [3.05, 3.63) is 23.8 Å². The molecule has 1 aromatic rings. The summed E-state index contributed by atoms with van der Waals surface area (Å²) in [5, 5.41) is 0. The van der Waals surface area contributed by atoms with Crippen LogP contribution in [-0.4, -0.2) is 68.4 Å². The van der Waals surface area contributed by atoms with E-state index in [0.717, 1.165) is 63.1 Å². The summed E-state index contributed by atoms with van der Waals surface area (Å²) < 4.78 is 17.6. The molecule has 7 heteroatoms. The van der Waals surface area contributed by atoms with E-state index in [1.807, 2.05) is 6.92 Å². The average Bonchev–Trinajstić information content (AvgIpc) is 3.16. The molecule has 3 fully saturated rings. The van der Waals surface area contributed by atoms with Crippen molar-refractivity contribution in [3.8, 4) is 11.5 Å². The fourth-order valence-corrected chi connectivity index (χ4v) is 4.46. The van der Waals surface area contributed by atoms with E-state index in [-0.39, 0.29) is 24.8 Å². The number of hydrogen-bond acceptors (Lipinski definition) is 5. The zero-order valence-electron chi connectivity index (χ0n) is 17.5. The van der Waals surface area contributed by atoms with Gasteiger partial charge in [0.25, 0.3) is 0 Å². The second-order valence-corrected chi connectivity index (χ2v) is 8.19. The van der Waals surface area contributed by atoms with Crippen LogP contribution in [0.15, 0.2) is 18.2 Å². The Hall–Kier alpha value is -0.720. The van der Waals surface area contributed by atoms with Gasteiger partial charge in [-0.15, -0.1) is 24.8 Å². The normalized spacial score (nSPS) is 24.9. The molecule has 1 aromatic carbocycles. The van der Waals surface area contributed by atoms with Crippen molar-refractivity contribution in [2.24, 2.45) is 5.92 Å². The van der Waals surface area contributed by atoms with Crippen LogP contribution in [0.1, 0.15) is 38.2 Å². The van der Waals surface area contributed by atoms with Crippen molar-refractivity contribution >= 4 is 24.8 Å². The van der Waals surface area contributed by atoms with Crippen LogP contribution in [0.2, 0.25) is 0 Å². The number of hydrogen-bond donors (Lipinski definition) is 0. The number of nitrogens with zero attached hydrogens (tertiary/aromatic N) is 2. The van der Waals surface area contributed by atoms with Crippen molar-refractivity contribution in [2.75, 3.05) is 52.5 Å². The van der Waals surface area contributed by atoms with Gasteiger partial charge < -0.3 is 14.2 Å². The maximum Gasteiger partial charge on any atom is 0.161 e. The van der Waals surface area contributed by atoms with Crippen molar-refractivity contribution in [1.82, 2.24) is 9.80 Å². The molecule has 29 heavy (non-hydrogen) atoms. The number of likely N-dealkylation sites (tertiary alicyclic amines) is 1. The summed E-state index contributed by atoms with van der Waals surface area (Å²) in [7, 11) is 0. The molecular formula is C22H36Cl2N2O3. The molecule has 0 unspecified atom stereocenters. The molecule has 0 radical (unpaired) electrons. The summed E-state index contributed by atoms with van der Waals surface area (Å²) in [6.45, 7) is 11.3. The van der Waals surface area contributed by atoms with Gasteiger partial charge in [0.05, 0.1) is 25.9 Å². The molecule has 2 heterocycles. The molecule has 0 spiro atoms. The zero-order valence-corrected chi connectivity index (χ0v) is 19.1. The van der Waals surface area contributed by atoms with E-state index in [1.54, 1.807) is 0 Å². The van der Waals surface area contributed by atoms with Crippen LogP contribution in [0.3, 0.4) is 0 Å². The van der Waals surface area contributed by atoms with Crippen LogP contribution >= 0.6 is 24.8 Å². The van der Waals surface area contributed by atoms with Gasteiger partial charge in [0.15, 0.2) is 11.5 Å². The van der Waals surface area contributed by atoms with Gasteiger partial charge in [-0.3, -0.25) is 9.80 Å². The van der Waals surface area contributed by atoms with Gasteiger partial charge in [-0.05, 0) is 69.3 Å². The molecule has 0 bridgehead atoms. The van der Waals surface area contributed by atoms with E-state index in [2.05, 4.69) is 28.0 Å². The minimum Gasteiger partial charge on any atom is -0.490 e. The summed E-state index contributed by atoms with van der Waals surface area (Å²) in [5.74, 6) is 2.58. The van der Waals surface area contributed by atoms with Crippen LogP contribution in [0, 0.1) is 5.92 Å². The zero-order chi connectivity index (χ0) is 18.5. The molecule has 2 aliphatic heterocycles. The summed E-state index contributed by atoms with van der Waals surface area (Å²) in [4.78, 5) is 5.05. The molecule has 3 aliphatic rings. The Balaban J connectivity index is 0.00000150. The molecule has 166 valence electrons. The molecule has 2 saturated heterocycles. The SMILES string of the molecule is CCOc1cc(CN2CCCC2)ccc1O[C@H]1C[C@H](CN2CCOCC2)C1.Cl.Cl. The summed E-state index contributed by atoms with van der Waals surface area (Å²) in [5.41, 5.74) is 1.33. The van der Waals surface area contributed by atoms with Gasteiger partial charge in [-0.2, -0.15) is 0 Å². The molecule has 0 atom stereocenters. The molecule has 0 aromatic heterocycles. The van der Waals surface area contributed by atoms with E-state index >= 15 is 0 Å². The van der Waals surface area contributed by atoms with E-state index in [0.29, 0.717) is 12.7 Å². The molecule has 1 saturated carbocycles. The standard InChI is InChI=1S/C22H34N2O3.2ClH/c1-2-26-22-15-18(16-23-7-3-4-8-23)5-6-21(22)27-20-13-19(14-20)17-24-9-11-25-12-10-24;;/h5-6,15,19-20H,2-4,7-14,16-17H2,1H3;2*1H/t19-,20-;;. The van der Waals surface area contributed by atoms with E-state index < -0.39 is 0 Å². The first kappa shape index (κ1) is 24.5. The van der Waals surface area contributed by atoms with Gasteiger partial charge >= 0.3 is 0 Å². The lowest BCUT2D eigenvalue weighted by molar-refractivity contribution is -0.000532. The van der Waals surface area contributed by atoms with Crippen molar-refractivity contribution in [3.63, 3.8) is 0 Å². The number of morpholine rings is 1. The minimum atomic E-state index is 0. The smallest absolute Gasteiger partial charge is 0.161 e. The van der Waals surface area contributed by atoms with Gasteiger partial charge in [-0.25, -0.2) is 0 Å². The fourth-order valence-electron chi connectivity index (χ4n) is 4.46. The third kappa shape index (κ3) is 6.90. The Morgan fingerprint density at radius 3 is 2.38 bits per heavy atom. The monoisotopic (exact) mass is 446 g/mol. The second kappa shape index (κ2) is 12.2. The van der Waals surface area contributed by atoms with E-state index in [4.69, 9.17) is 14.2 Å². The van der Waals surface area contributed by atoms with Crippen LogP contribution in [0.25, 0.3) is 0 Å². The number of benzene rings is 1. The average molecular weight is 447 g/mol. The van der Waals surface area contributed by atoms with Crippen molar-refractivity contribution in [2.45, 2.75) is 45.3 Å². The quantitative estimate of drug-likeness (QED) is 0.602. The van der Waals surface area contributed by atoms with E-state index in [1.165, 1.54) is 38.0 Å². The highest BCUT2D eigenvalue weighted by atomic mass is 35.5. The van der Waals surface area contributed by atoms with Crippen molar-refractivity contribution in [1.29, 1.82) is 0 Å². The lowest BCUT2D eigenvalue weighted by Gasteiger charge is -2.39. The molecule has 0 N–H and O–H groups in total. The summed E-state index contributed by atoms with van der Waals surface area (Å²) >= 11 is 0. The van der Waals surface area contributed by atoms with Crippen molar-refractivity contribution < 1.29 is 14.2 Å². The summed E-state index contributed by atoms with van der Waals surface area (Å²) in [6.07, 6.45) is 5.29. The topological polar surface area (TPSA) is 34.2 Å². The third-order valence-corrected chi connectivity index (χ3v) is 6.02. The third-order valence-electron chi connectivity index (χ3n) is 6.02. The fraction of sp³-hybridized carbons (Fsp3) is 0.727. The van der Waals surface area contributed by atoms with Gasteiger partial charge in [0, 0.05) is 26.2 Å². The Bertz CT molecular complexity index is 602. The molecular weight excluding hydrogens is 411 g/mol. The van der Waals surface area contributed by atoms with Crippen LogP contribution in [-0.2, 0) is 11.3 Å². The van der Waals surface area contributed by atoms with Gasteiger partial charge in [0.1, 0.15) is 0 Å². The second-order valence-electron chi connectivity index (χ2n) is 8.19. The first-order chi connectivity index (χ1) is 13.3. The Kier molecular flexibility index (Phi) is 10.3. The summed E-state index contributed by atoms with van der Waals surface area (Å²) in [6, 6.07) is 6.51. The largest absolute Gasteiger partial charge is 0.490 e. The predicted molar refractivity (Wildman–Crippen MR) is 121 cm³/mol. The first-order valence-corrected chi connectivity index (χ1v) is 10.7. The molecule has 0 amide bonds. The van der Waals surface area contributed by atoms with Gasteiger partial charge in [-0.1, -0.05) is 6.07 Å². The highest BCUT2D eigenvalue weighted by Crippen LogP contribution is 2.36. The van der Waals surface area contributed by atoms with Gasteiger partial charge in [0.2, 0.25) is 0 Å². The van der Waals surface area contributed by atoms with Crippen LogP contribution < -0.4 is 9.47 Å². The lowest BCUT2D eigenvalue weighted by Crippen LogP contribution is -2.45. The Labute approximate surface area is 187 Å². The van der Waals surface area contributed by atoms with Crippen LogP contribution in [0.4, 0.5) is 0 Å². The molecule has 5 nitrogen and oxygen atoms in total. The predicted octanol–water partition coefficient (Wildman–Crippen LogP) is 4.01. The maximum absolute atomic E-state index is 6.30. The minimum absolute atomic E-state index is 0. The molecule has 1 aliphatic carbocycles. The lowest BCUT2D eigenvalue weighted by atomic mass is 9.81.